The molecule has 0 aliphatic carbocycles. The third-order valence-corrected chi connectivity index (χ3v) is 2.51. The molecule has 1 aromatic heterocycles. The lowest BCUT2D eigenvalue weighted by Gasteiger charge is -2.07. The van der Waals surface area contributed by atoms with Gasteiger partial charge in [0.1, 0.15) is 11.0 Å². The number of halogens is 1. The molecule has 2 rings (SSSR count). The molecule has 0 radical (unpaired) electrons. The molecule has 0 saturated carbocycles. The molecule has 0 amide bonds. The number of hydrogen-bond acceptors (Lipinski definition) is 3. The Hall–Kier alpha value is -1.61. The molecule has 0 atom stereocenters. The Morgan fingerprint density at radius 2 is 2.06 bits per heavy atom. The van der Waals surface area contributed by atoms with Crippen molar-refractivity contribution in [3.8, 4) is 0 Å². The van der Waals surface area contributed by atoms with Gasteiger partial charge in [-0.2, -0.15) is 0 Å². The number of aromatic nitrogens is 2. The maximum absolute atomic E-state index is 5.74. The molecule has 0 saturated heterocycles. The third-order valence-electron chi connectivity index (χ3n) is 2.33. The highest BCUT2D eigenvalue weighted by molar-refractivity contribution is 6.29. The van der Waals surface area contributed by atoms with Crippen molar-refractivity contribution in [2.45, 2.75) is 13.5 Å². The summed E-state index contributed by atoms with van der Waals surface area (Å²) in [7, 11) is 0. The maximum atomic E-state index is 5.74. The molecule has 3 nitrogen and oxygen atoms in total. The van der Waals surface area contributed by atoms with E-state index in [0.717, 1.165) is 6.54 Å². The topological polar surface area (TPSA) is 37.8 Å². The second-order valence-corrected chi connectivity index (χ2v) is 3.89. The minimum Gasteiger partial charge on any atom is -0.365 e. The van der Waals surface area contributed by atoms with Crippen molar-refractivity contribution < 1.29 is 0 Å². The van der Waals surface area contributed by atoms with Gasteiger partial charge < -0.3 is 5.32 Å². The largest absolute Gasteiger partial charge is 0.365 e. The molecule has 0 spiro atoms. The summed E-state index contributed by atoms with van der Waals surface area (Å²) in [6.45, 7) is 2.81. The van der Waals surface area contributed by atoms with E-state index in [0.29, 0.717) is 11.0 Å². The van der Waals surface area contributed by atoms with Gasteiger partial charge in [-0.05, 0) is 18.1 Å². The smallest absolute Gasteiger partial charge is 0.149 e. The van der Waals surface area contributed by atoms with Gasteiger partial charge >= 0.3 is 0 Å². The van der Waals surface area contributed by atoms with Gasteiger partial charge in [0.25, 0.3) is 0 Å². The van der Waals surface area contributed by atoms with E-state index in [1.54, 1.807) is 6.20 Å². The average Bonchev–Trinajstić information content (AvgIpc) is 2.28. The van der Waals surface area contributed by atoms with E-state index in [1.807, 2.05) is 12.1 Å². The summed E-state index contributed by atoms with van der Waals surface area (Å²) in [6.07, 6.45) is 3.17. The van der Waals surface area contributed by atoms with Crippen LogP contribution >= 0.6 is 11.6 Å². The third kappa shape index (κ3) is 2.70. The van der Waals surface area contributed by atoms with E-state index >= 15 is 0 Å². The Balaban J connectivity index is 2.05. The number of rotatable bonds is 3. The first-order chi connectivity index (χ1) is 7.75. The summed E-state index contributed by atoms with van der Waals surface area (Å²) >= 11 is 5.74. The van der Waals surface area contributed by atoms with Gasteiger partial charge in [0.2, 0.25) is 0 Å². The van der Waals surface area contributed by atoms with Crippen LogP contribution in [0.3, 0.4) is 0 Å². The SMILES string of the molecule is Cc1ccccc1CNc1cncc(Cl)n1. The normalized spacial score (nSPS) is 10.1. The van der Waals surface area contributed by atoms with Gasteiger partial charge in [0.15, 0.2) is 0 Å². The van der Waals surface area contributed by atoms with E-state index in [1.165, 1.54) is 17.3 Å². The predicted octanol–water partition coefficient (Wildman–Crippen LogP) is 3.05. The molecule has 1 aromatic carbocycles. The molecule has 0 aliphatic rings. The average molecular weight is 234 g/mol. The zero-order valence-corrected chi connectivity index (χ0v) is 9.70. The van der Waals surface area contributed by atoms with E-state index in [9.17, 15) is 0 Å². The van der Waals surface area contributed by atoms with Crippen LogP contribution in [0.4, 0.5) is 5.82 Å². The Bertz CT molecular complexity index is 485. The summed E-state index contributed by atoms with van der Waals surface area (Å²) in [5.41, 5.74) is 2.49. The van der Waals surface area contributed by atoms with Crippen molar-refractivity contribution in [1.29, 1.82) is 0 Å². The van der Waals surface area contributed by atoms with Crippen molar-refractivity contribution in [1.82, 2.24) is 9.97 Å². The number of nitrogens with one attached hydrogen (secondary N) is 1. The van der Waals surface area contributed by atoms with Crippen LogP contribution in [-0.4, -0.2) is 9.97 Å². The second-order valence-electron chi connectivity index (χ2n) is 3.51. The number of anilines is 1. The standard InChI is InChI=1S/C12H12ClN3/c1-9-4-2-3-5-10(9)6-15-12-8-14-7-11(13)16-12/h2-5,7-8H,6H2,1H3,(H,15,16). The van der Waals surface area contributed by atoms with Gasteiger partial charge in [0.05, 0.1) is 12.4 Å². The Kier molecular flexibility index (Phi) is 3.37. The number of hydrogen-bond donors (Lipinski definition) is 1. The van der Waals surface area contributed by atoms with Gasteiger partial charge in [-0.25, -0.2) is 4.98 Å². The fourth-order valence-corrected chi connectivity index (χ4v) is 1.57. The molecular weight excluding hydrogens is 222 g/mol. The van der Waals surface area contributed by atoms with Crippen molar-refractivity contribution in [2.24, 2.45) is 0 Å². The molecule has 0 aliphatic heterocycles. The zero-order chi connectivity index (χ0) is 11.4. The highest BCUT2D eigenvalue weighted by atomic mass is 35.5. The van der Waals surface area contributed by atoms with Crippen LogP contribution < -0.4 is 5.32 Å². The van der Waals surface area contributed by atoms with Crippen molar-refractivity contribution in [3.05, 3.63) is 52.9 Å². The summed E-state index contributed by atoms with van der Waals surface area (Å²) in [5, 5.41) is 3.58. The number of aryl methyl sites for hydroxylation is 1. The zero-order valence-electron chi connectivity index (χ0n) is 8.94. The van der Waals surface area contributed by atoms with Gasteiger partial charge in [-0.15, -0.1) is 0 Å². The number of nitrogens with zero attached hydrogens (tertiary/aromatic N) is 2. The van der Waals surface area contributed by atoms with Gasteiger partial charge in [0, 0.05) is 6.54 Å². The van der Waals surface area contributed by atoms with Crippen molar-refractivity contribution in [3.63, 3.8) is 0 Å². The predicted molar refractivity (Wildman–Crippen MR) is 65.5 cm³/mol. The first-order valence-corrected chi connectivity index (χ1v) is 5.39. The summed E-state index contributed by atoms with van der Waals surface area (Å²) < 4.78 is 0. The molecule has 1 heterocycles. The quantitative estimate of drug-likeness (QED) is 0.886. The lowest BCUT2D eigenvalue weighted by molar-refractivity contribution is 1.07. The van der Waals surface area contributed by atoms with Crippen LogP contribution in [0, 0.1) is 6.92 Å². The molecule has 0 bridgehead atoms. The summed E-state index contributed by atoms with van der Waals surface area (Å²) in [5.74, 6) is 0.691. The molecule has 0 unspecified atom stereocenters. The maximum Gasteiger partial charge on any atom is 0.149 e. The van der Waals surface area contributed by atoms with Gasteiger partial charge in [-0.1, -0.05) is 35.9 Å². The molecule has 1 N–H and O–H groups in total. The first kappa shape index (κ1) is 10.9. The molecule has 16 heavy (non-hydrogen) atoms. The van der Waals surface area contributed by atoms with E-state index in [2.05, 4.69) is 34.3 Å². The van der Waals surface area contributed by atoms with Crippen LogP contribution in [0.2, 0.25) is 5.15 Å². The minimum atomic E-state index is 0.398. The highest BCUT2D eigenvalue weighted by Gasteiger charge is 1.98. The lowest BCUT2D eigenvalue weighted by atomic mass is 10.1. The lowest BCUT2D eigenvalue weighted by Crippen LogP contribution is -2.03. The summed E-state index contributed by atoms with van der Waals surface area (Å²) in [6, 6.07) is 8.21. The van der Waals surface area contributed by atoms with E-state index in [4.69, 9.17) is 11.6 Å². The van der Waals surface area contributed by atoms with E-state index < -0.39 is 0 Å². The second kappa shape index (κ2) is 4.94. The van der Waals surface area contributed by atoms with Crippen LogP contribution in [0.1, 0.15) is 11.1 Å². The fourth-order valence-electron chi connectivity index (χ4n) is 1.42. The van der Waals surface area contributed by atoms with E-state index in [-0.39, 0.29) is 0 Å². The Morgan fingerprint density at radius 1 is 1.25 bits per heavy atom. The number of benzene rings is 1. The Morgan fingerprint density at radius 3 is 2.81 bits per heavy atom. The van der Waals surface area contributed by atoms with Crippen LogP contribution in [0.25, 0.3) is 0 Å². The van der Waals surface area contributed by atoms with Crippen LogP contribution in [-0.2, 0) is 6.54 Å². The summed E-state index contributed by atoms with van der Waals surface area (Å²) in [4.78, 5) is 8.07. The monoisotopic (exact) mass is 233 g/mol. The van der Waals surface area contributed by atoms with Crippen molar-refractivity contribution in [2.75, 3.05) is 5.32 Å². The van der Waals surface area contributed by atoms with Crippen LogP contribution in [0.5, 0.6) is 0 Å². The van der Waals surface area contributed by atoms with Crippen LogP contribution in [0.15, 0.2) is 36.7 Å². The van der Waals surface area contributed by atoms with Gasteiger partial charge in [-0.3, -0.25) is 4.98 Å². The Labute approximate surface area is 99.5 Å². The molecule has 82 valence electrons. The molecule has 4 heteroatoms. The highest BCUT2D eigenvalue weighted by Crippen LogP contribution is 2.11. The fraction of sp³-hybridized carbons (Fsp3) is 0.167. The van der Waals surface area contributed by atoms with Crippen molar-refractivity contribution >= 4 is 17.4 Å². The molecule has 2 aromatic rings. The minimum absolute atomic E-state index is 0.398. The molecular formula is C12H12ClN3. The first-order valence-electron chi connectivity index (χ1n) is 5.01. The molecule has 0 fully saturated rings.